The van der Waals surface area contributed by atoms with Crippen molar-refractivity contribution in [3.05, 3.63) is 29.3 Å². The maximum Gasteiger partial charge on any atom is 0.243 e. The van der Waals surface area contributed by atoms with Gasteiger partial charge in [0.25, 0.3) is 0 Å². The van der Waals surface area contributed by atoms with Gasteiger partial charge < -0.3 is 10.6 Å². The molecule has 1 fully saturated rings. The van der Waals surface area contributed by atoms with Gasteiger partial charge in [-0.2, -0.15) is 4.31 Å². The summed E-state index contributed by atoms with van der Waals surface area (Å²) in [5.41, 5.74) is 7.75. The third kappa shape index (κ3) is 4.40. The second kappa shape index (κ2) is 7.85. The van der Waals surface area contributed by atoms with E-state index in [-0.39, 0.29) is 23.4 Å². The van der Waals surface area contributed by atoms with E-state index in [4.69, 9.17) is 5.73 Å². The normalized spacial score (nSPS) is 21.6. The van der Waals surface area contributed by atoms with Crippen LogP contribution in [-0.4, -0.2) is 56.3 Å². The van der Waals surface area contributed by atoms with Crippen molar-refractivity contribution < 1.29 is 13.2 Å². The van der Waals surface area contributed by atoms with E-state index < -0.39 is 10.0 Å². The maximum absolute atomic E-state index is 12.7. The molecule has 25 heavy (non-hydrogen) atoms. The van der Waals surface area contributed by atoms with Crippen LogP contribution in [0.25, 0.3) is 0 Å². The second-order valence-electron chi connectivity index (χ2n) is 7.11. The Hall–Kier alpha value is -1.44. The van der Waals surface area contributed by atoms with Gasteiger partial charge in [0.1, 0.15) is 0 Å². The SMILES string of the molecule is Cc1ccc(S(=O)(=O)N(C)CC(=O)N2CCC(C)CC2CN)cc1C. The van der Waals surface area contributed by atoms with Crippen molar-refractivity contribution in [2.45, 2.75) is 44.6 Å². The standard InChI is InChI=1S/C18H29N3O3S/c1-13-7-8-21(16(9-13)11-19)18(22)12-20(4)25(23,24)17-6-5-14(2)15(3)10-17/h5-6,10,13,16H,7-9,11-12,19H2,1-4H3. The average Bonchev–Trinajstić information content (AvgIpc) is 2.56. The lowest BCUT2D eigenvalue weighted by molar-refractivity contribution is -0.135. The summed E-state index contributed by atoms with van der Waals surface area (Å²) in [6.45, 7) is 6.84. The lowest BCUT2D eigenvalue weighted by Gasteiger charge is -2.38. The zero-order chi connectivity index (χ0) is 18.8. The highest BCUT2D eigenvalue weighted by Gasteiger charge is 2.31. The summed E-state index contributed by atoms with van der Waals surface area (Å²) in [7, 11) is -2.24. The number of sulfonamides is 1. The molecule has 0 bridgehead atoms. The van der Waals surface area contributed by atoms with Gasteiger partial charge in [-0.3, -0.25) is 4.79 Å². The Morgan fingerprint density at radius 1 is 1.32 bits per heavy atom. The van der Waals surface area contributed by atoms with Gasteiger partial charge >= 0.3 is 0 Å². The van der Waals surface area contributed by atoms with Crippen LogP contribution in [0.1, 0.15) is 30.9 Å². The van der Waals surface area contributed by atoms with Crippen LogP contribution in [0.3, 0.4) is 0 Å². The van der Waals surface area contributed by atoms with Crippen molar-refractivity contribution in [2.24, 2.45) is 11.7 Å². The highest BCUT2D eigenvalue weighted by molar-refractivity contribution is 7.89. The van der Waals surface area contributed by atoms with Crippen LogP contribution in [0.15, 0.2) is 23.1 Å². The van der Waals surface area contributed by atoms with Gasteiger partial charge in [0, 0.05) is 26.2 Å². The fraction of sp³-hybridized carbons (Fsp3) is 0.611. The molecule has 2 unspecified atom stereocenters. The first-order valence-corrected chi connectivity index (χ1v) is 10.1. The van der Waals surface area contributed by atoms with Crippen molar-refractivity contribution in [3.63, 3.8) is 0 Å². The fourth-order valence-electron chi connectivity index (χ4n) is 3.22. The van der Waals surface area contributed by atoms with Crippen LogP contribution in [-0.2, 0) is 14.8 Å². The van der Waals surface area contributed by atoms with Gasteiger partial charge in [-0.15, -0.1) is 0 Å². The van der Waals surface area contributed by atoms with Crippen LogP contribution in [0.5, 0.6) is 0 Å². The summed E-state index contributed by atoms with van der Waals surface area (Å²) in [6.07, 6.45) is 1.80. The molecule has 1 saturated heterocycles. The first-order chi connectivity index (χ1) is 11.7. The molecule has 1 aliphatic rings. The Bertz CT molecular complexity index is 733. The van der Waals surface area contributed by atoms with E-state index in [9.17, 15) is 13.2 Å². The van der Waals surface area contributed by atoms with Crippen LogP contribution in [0.2, 0.25) is 0 Å². The average molecular weight is 368 g/mol. The number of likely N-dealkylation sites (tertiary alicyclic amines) is 1. The Morgan fingerprint density at radius 3 is 2.60 bits per heavy atom. The number of benzene rings is 1. The number of piperidine rings is 1. The molecule has 6 nitrogen and oxygen atoms in total. The van der Waals surface area contributed by atoms with Gasteiger partial charge in [0.05, 0.1) is 11.4 Å². The first-order valence-electron chi connectivity index (χ1n) is 8.70. The lowest BCUT2D eigenvalue weighted by Crippen LogP contribution is -2.52. The molecule has 0 spiro atoms. The number of hydrogen-bond donors (Lipinski definition) is 1. The smallest absolute Gasteiger partial charge is 0.243 e. The molecule has 0 aromatic heterocycles. The number of hydrogen-bond acceptors (Lipinski definition) is 4. The molecule has 1 aliphatic heterocycles. The van der Waals surface area contributed by atoms with E-state index in [1.807, 2.05) is 13.8 Å². The second-order valence-corrected chi connectivity index (χ2v) is 9.16. The van der Waals surface area contributed by atoms with Crippen molar-refractivity contribution in [3.8, 4) is 0 Å². The lowest BCUT2D eigenvalue weighted by atomic mass is 9.92. The minimum absolute atomic E-state index is 0.00558. The molecule has 1 aromatic carbocycles. The van der Waals surface area contributed by atoms with Gasteiger partial charge in [-0.25, -0.2) is 8.42 Å². The fourth-order valence-corrected chi connectivity index (χ4v) is 4.43. The number of likely N-dealkylation sites (N-methyl/N-ethyl adjacent to an activating group) is 1. The summed E-state index contributed by atoms with van der Waals surface area (Å²) in [5, 5.41) is 0. The molecule has 140 valence electrons. The number of nitrogens with two attached hydrogens (primary N) is 1. The van der Waals surface area contributed by atoms with E-state index in [0.717, 1.165) is 28.3 Å². The molecule has 0 saturated carbocycles. The number of rotatable bonds is 5. The molecule has 1 aromatic rings. The zero-order valence-electron chi connectivity index (χ0n) is 15.5. The highest BCUT2D eigenvalue weighted by Crippen LogP contribution is 2.23. The van der Waals surface area contributed by atoms with Gasteiger partial charge in [-0.1, -0.05) is 13.0 Å². The quantitative estimate of drug-likeness (QED) is 0.855. The Kier molecular flexibility index (Phi) is 6.24. The van der Waals surface area contributed by atoms with Crippen LogP contribution >= 0.6 is 0 Å². The zero-order valence-corrected chi connectivity index (χ0v) is 16.3. The van der Waals surface area contributed by atoms with E-state index in [1.54, 1.807) is 23.1 Å². The van der Waals surface area contributed by atoms with Gasteiger partial charge in [-0.05, 0) is 55.9 Å². The summed E-state index contributed by atoms with van der Waals surface area (Å²) in [4.78, 5) is 14.6. The number of carbonyl (C=O) groups excluding carboxylic acids is 1. The molecule has 1 amide bonds. The first kappa shape index (κ1) is 19.9. The Morgan fingerprint density at radius 2 is 2.00 bits per heavy atom. The van der Waals surface area contributed by atoms with E-state index >= 15 is 0 Å². The largest absolute Gasteiger partial charge is 0.337 e. The topological polar surface area (TPSA) is 83.7 Å². The Balaban J connectivity index is 2.13. The summed E-state index contributed by atoms with van der Waals surface area (Å²) in [5.74, 6) is 0.354. The number of aryl methyl sites for hydroxylation is 2. The van der Waals surface area contributed by atoms with Gasteiger partial charge in [0.2, 0.25) is 15.9 Å². The number of carbonyl (C=O) groups is 1. The molecular formula is C18H29N3O3S. The van der Waals surface area contributed by atoms with Crippen LogP contribution < -0.4 is 5.73 Å². The summed E-state index contributed by atoms with van der Waals surface area (Å²) < 4.78 is 26.6. The van der Waals surface area contributed by atoms with E-state index in [0.29, 0.717) is 19.0 Å². The number of amides is 1. The van der Waals surface area contributed by atoms with Gasteiger partial charge in [0.15, 0.2) is 0 Å². The molecule has 2 N–H and O–H groups in total. The Labute approximate surface area is 151 Å². The summed E-state index contributed by atoms with van der Waals surface area (Å²) in [6, 6.07) is 5.02. The molecular weight excluding hydrogens is 338 g/mol. The molecule has 2 atom stereocenters. The van der Waals surface area contributed by atoms with Crippen molar-refractivity contribution in [1.29, 1.82) is 0 Å². The molecule has 2 rings (SSSR count). The molecule has 0 radical (unpaired) electrons. The maximum atomic E-state index is 12.7. The van der Waals surface area contributed by atoms with Crippen molar-refractivity contribution >= 4 is 15.9 Å². The third-order valence-electron chi connectivity index (χ3n) is 5.11. The van der Waals surface area contributed by atoms with Crippen molar-refractivity contribution in [1.82, 2.24) is 9.21 Å². The summed E-state index contributed by atoms with van der Waals surface area (Å²) >= 11 is 0. The molecule has 7 heteroatoms. The highest BCUT2D eigenvalue weighted by atomic mass is 32.2. The third-order valence-corrected chi connectivity index (χ3v) is 6.91. The predicted octanol–water partition coefficient (Wildman–Crippen LogP) is 1.51. The van der Waals surface area contributed by atoms with E-state index in [2.05, 4.69) is 6.92 Å². The predicted molar refractivity (Wildman–Crippen MR) is 98.7 cm³/mol. The van der Waals surface area contributed by atoms with E-state index in [1.165, 1.54) is 7.05 Å². The minimum Gasteiger partial charge on any atom is -0.337 e. The number of nitrogens with zero attached hydrogens (tertiary/aromatic N) is 2. The molecule has 0 aliphatic carbocycles. The monoisotopic (exact) mass is 367 g/mol. The van der Waals surface area contributed by atoms with Crippen LogP contribution in [0.4, 0.5) is 0 Å². The van der Waals surface area contributed by atoms with Crippen molar-refractivity contribution in [2.75, 3.05) is 26.7 Å². The van der Waals surface area contributed by atoms with Crippen LogP contribution in [0, 0.1) is 19.8 Å². The molecule has 1 heterocycles. The minimum atomic E-state index is -3.69.